The van der Waals surface area contributed by atoms with Gasteiger partial charge < -0.3 is 20.7 Å². The van der Waals surface area contributed by atoms with Crippen LogP contribution >= 0.6 is 0 Å². The van der Waals surface area contributed by atoms with Gasteiger partial charge in [0.1, 0.15) is 11.4 Å². The van der Waals surface area contributed by atoms with Crippen LogP contribution in [0.2, 0.25) is 0 Å². The predicted octanol–water partition coefficient (Wildman–Crippen LogP) is 4.85. The summed E-state index contributed by atoms with van der Waals surface area (Å²) < 4.78 is 5.36. The van der Waals surface area contributed by atoms with Crippen LogP contribution in [0.3, 0.4) is 0 Å². The Morgan fingerprint density at radius 3 is 2.50 bits per heavy atom. The van der Waals surface area contributed by atoms with Gasteiger partial charge in [-0.25, -0.2) is 9.78 Å². The number of rotatable bonds is 6. The Hall–Kier alpha value is -2.84. The van der Waals surface area contributed by atoms with E-state index in [1.54, 1.807) is 6.20 Å². The highest BCUT2D eigenvalue weighted by atomic mass is 16.6. The van der Waals surface area contributed by atoms with Crippen molar-refractivity contribution in [3.63, 3.8) is 0 Å². The van der Waals surface area contributed by atoms with Gasteiger partial charge in [-0.1, -0.05) is 12.8 Å². The number of alkyl carbamates (subject to hydrolysis) is 1. The van der Waals surface area contributed by atoms with Gasteiger partial charge in [0, 0.05) is 36.0 Å². The molecule has 32 heavy (non-hydrogen) atoms. The zero-order chi connectivity index (χ0) is 22.6. The fraction of sp³-hybridized carbons (Fsp3) is 0.652. The highest BCUT2D eigenvalue weighted by Gasteiger charge is 2.25. The summed E-state index contributed by atoms with van der Waals surface area (Å²) in [5, 5.41) is 17.3. The van der Waals surface area contributed by atoms with Gasteiger partial charge in [0.15, 0.2) is 5.82 Å². The van der Waals surface area contributed by atoms with Crippen molar-refractivity contribution < 1.29 is 9.53 Å². The van der Waals surface area contributed by atoms with Crippen molar-refractivity contribution in [3.8, 4) is 0 Å². The highest BCUT2D eigenvalue weighted by molar-refractivity contribution is 5.68. The van der Waals surface area contributed by atoms with Crippen molar-refractivity contribution in [1.82, 2.24) is 25.5 Å². The lowest BCUT2D eigenvalue weighted by molar-refractivity contribution is 0.0492. The lowest BCUT2D eigenvalue weighted by Gasteiger charge is -2.30. The lowest BCUT2D eigenvalue weighted by Crippen LogP contribution is -2.42. The minimum absolute atomic E-state index is 0.144. The van der Waals surface area contributed by atoms with Crippen LogP contribution in [-0.2, 0) is 4.74 Å². The largest absolute Gasteiger partial charge is 0.444 e. The second-order valence-electron chi connectivity index (χ2n) is 9.92. The molecule has 0 spiro atoms. The number of nitrogens with one attached hydrogen (secondary N) is 4. The van der Waals surface area contributed by atoms with Crippen LogP contribution in [0, 0.1) is 0 Å². The fourth-order valence-electron chi connectivity index (χ4n) is 4.51. The number of hydrogen-bond donors (Lipinski definition) is 4. The Labute approximate surface area is 189 Å². The zero-order valence-electron chi connectivity index (χ0n) is 19.3. The Kier molecular flexibility index (Phi) is 6.81. The molecule has 0 aromatic carbocycles. The normalized spacial score (nSPS) is 21.8. The SMILES string of the molecule is CC(C)(C)OC(=O)N[C@H]1CC[C@@H](Nc2nccc(Nc3cc(C4CCCC4)[nH]n3)n2)CC1. The monoisotopic (exact) mass is 441 g/mol. The number of hydrogen-bond acceptors (Lipinski definition) is 7. The molecule has 2 aromatic rings. The van der Waals surface area contributed by atoms with E-state index >= 15 is 0 Å². The van der Waals surface area contributed by atoms with Crippen LogP contribution in [0.15, 0.2) is 18.3 Å². The summed E-state index contributed by atoms with van der Waals surface area (Å²) in [6.45, 7) is 5.62. The van der Waals surface area contributed by atoms with Gasteiger partial charge >= 0.3 is 6.09 Å². The molecule has 1 amide bonds. The first kappa shape index (κ1) is 22.4. The number of amides is 1. The number of H-pyrrole nitrogens is 1. The molecule has 2 saturated carbocycles. The molecule has 9 nitrogen and oxygen atoms in total. The molecule has 0 radical (unpaired) electrons. The van der Waals surface area contributed by atoms with Crippen molar-refractivity contribution in [2.45, 2.75) is 95.7 Å². The molecule has 2 fully saturated rings. The summed E-state index contributed by atoms with van der Waals surface area (Å²) in [6, 6.07) is 4.35. The van der Waals surface area contributed by atoms with Gasteiger partial charge in [0.05, 0.1) is 0 Å². The maximum Gasteiger partial charge on any atom is 0.407 e. The van der Waals surface area contributed by atoms with Gasteiger partial charge in [0.2, 0.25) is 5.95 Å². The molecule has 0 unspecified atom stereocenters. The second kappa shape index (κ2) is 9.75. The first-order chi connectivity index (χ1) is 15.3. The Balaban J connectivity index is 1.25. The number of carbonyl (C=O) groups is 1. The van der Waals surface area contributed by atoms with Gasteiger partial charge in [-0.05, 0) is 65.4 Å². The van der Waals surface area contributed by atoms with Gasteiger partial charge in [-0.2, -0.15) is 10.1 Å². The summed E-state index contributed by atoms with van der Waals surface area (Å²) in [6.07, 6.45) is 10.1. The first-order valence-electron chi connectivity index (χ1n) is 11.8. The average molecular weight is 442 g/mol. The Morgan fingerprint density at radius 2 is 1.78 bits per heavy atom. The summed E-state index contributed by atoms with van der Waals surface area (Å²) >= 11 is 0. The van der Waals surface area contributed by atoms with Crippen LogP contribution < -0.4 is 16.0 Å². The van der Waals surface area contributed by atoms with Gasteiger partial charge in [-0.3, -0.25) is 5.10 Å². The predicted molar refractivity (Wildman–Crippen MR) is 124 cm³/mol. The smallest absolute Gasteiger partial charge is 0.407 e. The highest BCUT2D eigenvalue weighted by Crippen LogP contribution is 2.34. The number of carbonyl (C=O) groups excluding carboxylic acids is 1. The number of anilines is 3. The maximum absolute atomic E-state index is 12.0. The molecule has 2 aromatic heterocycles. The van der Waals surface area contributed by atoms with Crippen LogP contribution in [0.5, 0.6) is 0 Å². The van der Waals surface area contributed by atoms with E-state index in [-0.39, 0.29) is 18.2 Å². The van der Waals surface area contributed by atoms with E-state index in [1.807, 2.05) is 26.8 Å². The van der Waals surface area contributed by atoms with Crippen LogP contribution in [0.25, 0.3) is 0 Å². The molecule has 174 valence electrons. The molecule has 0 bridgehead atoms. The van der Waals surface area contributed by atoms with Crippen LogP contribution in [-0.4, -0.2) is 43.9 Å². The summed E-state index contributed by atoms with van der Waals surface area (Å²) in [4.78, 5) is 21.0. The molecule has 2 aliphatic rings. The zero-order valence-corrected chi connectivity index (χ0v) is 19.3. The third kappa shape index (κ3) is 6.34. The lowest BCUT2D eigenvalue weighted by atomic mass is 9.91. The van der Waals surface area contributed by atoms with E-state index in [4.69, 9.17) is 4.74 Å². The van der Waals surface area contributed by atoms with E-state index in [1.165, 1.54) is 31.4 Å². The summed E-state index contributed by atoms with van der Waals surface area (Å²) in [5.41, 5.74) is 0.724. The third-order valence-corrected chi connectivity index (χ3v) is 6.09. The molecule has 4 rings (SSSR count). The average Bonchev–Trinajstić information content (AvgIpc) is 3.40. The summed E-state index contributed by atoms with van der Waals surface area (Å²) in [7, 11) is 0. The number of nitrogens with zero attached hydrogens (tertiary/aromatic N) is 3. The van der Waals surface area contributed by atoms with Crippen molar-refractivity contribution in [2.24, 2.45) is 0 Å². The minimum atomic E-state index is -0.479. The molecule has 2 heterocycles. The van der Waals surface area contributed by atoms with Crippen LogP contribution in [0.4, 0.5) is 22.4 Å². The summed E-state index contributed by atoms with van der Waals surface area (Å²) in [5.74, 6) is 2.70. The molecule has 4 N–H and O–H groups in total. The van der Waals surface area contributed by atoms with E-state index < -0.39 is 5.60 Å². The fourth-order valence-corrected chi connectivity index (χ4v) is 4.51. The van der Waals surface area contributed by atoms with E-state index in [9.17, 15) is 4.79 Å². The first-order valence-corrected chi connectivity index (χ1v) is 11.8. The molecule has 9 heteroatoms. The number of aromatic nitrogens is 4. The maximum atomic E-state index is 12.0. The molecule has 2 aliphatic carbocycles. The number of ether oxygens (including phenoxy) is 1. The Bertz CT molecular complexity index is 894. The van der Waals surface area contributed by atoms with E-state index in [0.29, 0.717) is 17.7 Å². The van der Waals surface area contributed by atoms with E-state index in [2.05, 4.69) is 42.2 Å². The van der Waals surface area contributed by atoms with Gasteiger partial charge in [0.25, 0.3) is 0 Å². The van der Waals surface area contributed by atoms with Crippen molar-refractivity contribution in [3.05, 3.63) is 24.0 Å². The number of aromatic amines is 1. The molecule has 0 aliphatic heterocycles. The minimum Gasteiger partial charge on any atom is -0.444 e. The molecular weight excluding hydrogens is 406 g/mol. The second-order valence-corrected chi connectivity index (χ2v) is 9.92. The van der Waals surface area contributed by atoms with Crippen molar-refractivity contribution >= 4 is 23.7 Å². The van der Waals surface area contributed by atoms with Gasteiger partial charge in [-0.15, -0.1) is 0 Å². The third-order valence-electron chi connectivity index (χ3n) is 6.09. The molecule has 0 saturated heterocycles. The van der Waals surface area contributed by atoms with Crippen molar-refractivity contribution in [2.75, 3.05) is 10.6 Å². The molecule has 0 atom stereocenters. The van der Waals surface area contributed by atoms with Crippen molar-refractivity contribution in [1.29, 1.82) is 0 Å². The van der Waals surface area contributed by atoms with E-state index in [0.717, 1.165) is 31.5 Å². The molecular formula is C23H35N7O2. The topological polar surface area (TPSA) is 117 Å². The quantitative estimate of drug-likeness (QED) is 0.506. The Morgan fingerprint density at radius 1 is 1.06 bits per heavy atom. The standard InChI is InChI=1S/C23H35N7O2/c1-23(2,3)32-22(31)26-17-10-8-16(9-11-17)25-21-24-13-12-19(28-21)27-20-14-18(29-30-20)15-6-4-5-7-15/h12-17H,4-11H2,1-3H3,(H,26,31)(H3,24,25,27,28,29,30)/t16-,17+. The van der Waals surface area contributed by atoms with Crippen LogP contribution in [0.1, 0.15) is 83.7 Å².